The zero-order valence-corrected chi connectivity index (χ0v) is 10.3. The number of carboxylic acid groups (broad SMARTS) is 1. The van der Waals surface area contributed by atoms with Crippen molar-refractivity contribution in [2.24, 2.45) is 5.73 Å². The highest BCUT2D eigenvalue weighted by Gasteiger charge is 2.29. The highest BCUT2D eigenvalue weighted by atomic mass is 16.5. The Balaban J connectivity index is 2.50. The monoisotopic (exact) mass is 249 g/mol. The molecule has 0 aliphatic carbocycles. The number of hydrogen-bond donors (Lipinski definition) is 2. The number of nitrogens with two attached hydrogens (primary N) is 1. The first-order valence-electron chi connectivity index (χ1n) is 5.52. The number of ether oxygens (including phenoxy) is 1. The van der Waals surface area contributed by atoms with Gasteiger partial charge in [-0.25, -0.2) is 0 Å². The Morgan fingerprint density at radius 3 is 2.89 bits per heavy atom. The first-order chi connectivity index (χ1) is 8.44. The van der Waals surface area contributed by atoms with Crippen LogP contribution in [0.4, 0.5) is 0 Å². The molecule has 0 fully saturated rings. The van der Waals surface area contributed by atoms with Gasteiger partial charge in [-0.05, 0) is 19.1 Å². The molecule has 0 aliphatic heterocycles. The van der Waals surface area contributed by atoms with Crippen molar-refractivity contribution >= 4 is 16.9 Å². The lowest BCUT2D eigenvalue weighted by Crippen LogP contribution is -2.35. The van der Waals surface area contributed by atoms with E-state index in [9.17, 15) is 4.79 Å². The molecule has 0 saturated heterocycles. The largest absolute Gasteiger partial charge is 0.493 e. The van der Waals surface area contributed by atoms with Crippen LogP contribution in [-0.4, -0.2) is 18.2 Å². The Kier molecular flexibility index (Phi) is 3.00. The minimum absolute atomic E-state index is 0.199. The Labute approximate surface area is 104 Å². The number of carboxylic acids is 1. The summed E-state index contributed by atoms with van der Waals surface area (Å²) in [5.41, 5.74) is 5.51. The number of methoxy groups -OCH3 is 1. The summed E-state index contributed by atoms with van der Waals surface area (Å²) in [6, 6.07) is 7.23. The number of rotatable bonds is 4. The molecule has 1 aromatic heterocycles. The van der Waals surface area contributed by atoms with Crippen molar-refractivity contribution in [1.82, 2.24) is 0 Å². The predicted molar refractivity (Wildman–Crippen MR) is 66.6 cm³/mol. The number of benzene rings is 1. The highest BCUT2D eigenvalue weighted by Crippen LogP contribution is 2.33. The average Bonchev–Trinajstić information content (AvgIpc) is 2.71. The number of para-hydroxylation sites is 1. The van der Waals surface area contributed by atoms with Gasteiger partial charge in [0.15, 0.2) is 11.3 Å². The third kappa shape index (κ3) is 2.17. The summed E-state index contributed by atoms with van der Waals surface area (Å²) < 4.78 is 10.8. The highest BCUT2D eigenvalue weighted by molar-refractivity contribution is 5.84. The van der Waals surface area contributed by atoms with Crippen LogP contribution in [-0.2, 0) is 10.3 Å². The standard InChI is InChI=1S/C13H15NO4/c1-13(14,7-11(15)16)10-6-8-4-3-5-9(17-2)12(8)18-10/h3-6H,7,14H2,1-2H3,(H,15,16). The molecule has 0 bridgehead atoms. The fourth-order valence-corrected chi connectivity index (χ4v) is 1.88. The second-order valence-corrected chi connectivity index (χ2v) is 4.48. The second kappa shape index (κ2) is 4.34. The molecule has 5 heteroatoms. The summed E-state index contributed by atoms with van der Waals surface area (Å²) >= 11 is 0. The number of fused-ring (bicyclic) bond motifs is 1. The van der Waals surface area contributed by atoms with Gasteiger partial charge in [0, 0.05) is 5.39 Å². The van der Waals surface area contributed by atoms with Gasteiger partial charge < -0.3 is 20.0 Å². The third-order valence-corrected chi connectivity index (χ3v) is 2.81. The van der Waals surface area contributed by atoms with E-state index in [0.29, 0.717) is 17.1 Å². The molecule has 1 atom stereocenters. The van der Waals surface area contributed by atoms with Crippen molar-refractivity contribution in [2.75, 3.05) is 7.11 Å². The molecule has 1 aromatic carbocycles. The molecule has 5 nitrogen and oxygen atoms in total. The molecule has 0 saturated carbocycles. The van der Waals surface area contributed by atoms with E-state index >= 15 is 0 Å². The Hall–Kier alpha value is -2.01. The van der Waals surface area contributed by atoms with Crippen LogP contribution in [0.15, 0.2) is 28.7 Å². The summed E-state index contributed by atoms with van der Waals surface area (Å²) in [7, 11) is 1.55. The van der Waals surface area contributed by atoms with Gasteiger partial charge in [0.25, 0.3) is 0 Å². The van der Waals surface area contributed by atoms with Crippen LogP contribution in [0, 0.1) is 0 Å². The molecule has 1 heterocycles. The number of carbonyl (C=O) groups is 1. The van der Waals surface area contributed by atoms with E-state index < -0.39 is 11.5 Å². The van der Waals surface area contributed by atoms with Crippen molar-refractivity contribution in [3.63, 3.8) is 0 Å². The first-order valence-corrected chi connectivity index (χ1v) is 5.52. The number of furan rings is 1. The van der Waals surface area contributed by atoms with Crippen LogP contribution in [0.2, 0.25) is 0 Å². The lowest BCUT2D eigenvalue weighted by Gasteiger charge is -2.19. The van der Waals surface area contributed by atoms with Crippen LogP contribution in [0.1, 0.15) is 19.1 Å². The molecule has 1 unspecified atom stereocenters. The van der Waals surface area contributed by atoms with Gasteiger partial charge >= 0.3 is 5.97 Å². The van der Waals surface area contributed by atoms with E-state index in [1.807, 2.05) is 12.1 Å². The molecule has 3 N–H and O–H groups in total. The minimum Gasteiger partial charge on any atom is -0.493 e. The van der Waals surface area contributed by atoms with Gasteiger partial charge in [-0.3, -0.25) is 4.79 Å². The molecular weight excluding hydrogens is 234 g/mol. The van der Waals surface area contributed by atoms with Crippen LogP contribution < -0.4 is 10.5 Å². The molecule has 18 heavy (non-hydrogen) atoms. The summed E-state index contributed by atoms with van der Waals surface area (Å²) in [5, 5.41) is 9.68. The Morgan fingerprint density at radius 2 is 2.28 bits per heavy atom. The lowest BCUT2D eigenvalue weighted by atomic mass is 9.96. The molecule has 96 valence electrons. The third-order valence-electron chi connectivity index (χ3n) is 2.81. The van der Waals surface area contributed by atoms with Crippen LogP contribution in [0.5, 0.6) is 5.75 Å². The van der Waals surface area contributed by atoms with E-state index in [1.54, 1.807) is 26.2 Å². The van der Waals surface area contributed by atoms with Gasteiger partial charge in [-0.1, -0.05) is 12.1 Å². The topological polar surface area (TPSA) is 85.7 Å². The number of aliphatic carboxylic acids is 1. The maximum atomic E-state index is 10.8. The zero-order valence-electron chi connectivity index (χ0n) is 10.3. The summed E-state index contributed by atoms with van der Waals surface area (Å²) in [4.78, 5) is 10.8. The van der Waals surface area contributed by atoms with Crippen LogP contribution in [0.3, 0.4) is 0 Å². The molecule has 0 radical (unpaired) electrons. The molecular formula is C13H15NO4. The van der Waals surface area contributed by atoms with Crippen LogP contribution >= 0.6 is 0 Å². The molecule has 2 rings (SSSR count). The SMILES string of the molecule is COc1cccc2cc(C(C)(N)CC(=O)O)oc12. The van der Waals surface area contributed by atoms with Crippen molar-refractivity contribution in [3.8, 4) is 5.75 Å². The lowest BCUT2D eigenvalue weighted by molar-refractivity contribution is -0.138. The Morgan fingerprint density at radius 1 is 1.56 bits per heavy atom. The van der Waals surface area contributed by atoms with E-state index in [1.165, 1.54) is 0 Å². The van der Waals surface area contributed by atoms with E-state index in [-0.39, 0.29) is 6.42 Å². The van der Waals surface area contributed by atoms with E-state index in [2.05, 4.69) is 0 Å². The van der Waals surface area contributed by atoms with E-state index in [4.69, 9.17) is 20.0 Å². The smallest absolute Gasteiger partial charge is 0.305 e. The van der Waals surface area contributed by atoms with Crippen molar-refractivity contribution < 1.29 is 19.1 Å². The quantitative estimate of drug-likeness (QED) is 0.866. The maximum Gasteiger partial charge on any atom is 0.305 e. The van der Waals surface area contributed by atoms with Gasteiger partial charge in [0.1, 0.15) is 5.76 Å². The van der Waals surface area contributed by atoms with Gasteiger partial charge in [0.2, 0.25) is 0 Å². The maximum absolute atomic E-state index is 10.8. The first kappa shape index (κ1) is 12.4. The molecule has 0 aliphatic rings. The normalized spacial score (nSPS) is 14.4. The number of hydrogen-bond acceptors (Lipinski definition) is 4. The zero-order chi connectivity index (χ0) is 13.3. The van der Waals surface area contributed by atoms with Crippen LogP contribution in [0.25, 0.3) is 11.0 Å². The van der Waals surface area contributed by atoms with E-state index in [0.717, 1.165) is 5.39 Å². The Bertz CT molecular complexity index is 586. The fraction of sp³-hybridized carbons (Fsp3) is 0.308. The molecule has 0 amide bonds. The van der Waals surface area contributed by atoms with Crippen molar-refractivity contribution in [1.29, 1.82) is 0 Å². The van der Waals surface area contributed by atoms with Crippen molar-refractivity contribution in [2.45, 2.75) is 18.9 Å². The second-order valence-electron chi connectivity index (χ2n) is 4.48. The molecule has 2 aromatic rings. The van der Waals surface area contributed by atoms with Gasteiger partial charge in [-0.15, -0.1) is 0 Å². The van der Waals surface area contributed by atoms with Gasteiger partial charge in [-0.2, -0.15) is 0 Å². The predicted octanol–water partition coefficient (Wildman–Crippen LogP) is 2.09. The summed E-state index contributed by atoms with van der Waals surface area (Å²) in [6.45, 7) is 1.63. The summed E-state index contributed by atoms with van der Waals surface area (Å²) in [6.07, 6.45) is -0.199. The average molecular weight is 249 g/mol. The molecule has 0 spiro atoms. The fourth-order valence-electron chi connectivity index (χ4n) is 1.88. The summed E-state index contributed by atoms with van der Waals surface area (Å²) in [5.74, 6) is 0.0710. The minimum atomic E-state index is -1.05. The van der Waals surface area contributed by atoms with Crippen molar-refractivity contribution in [3.05, 3.63) is 30.0 Å². The van der Waals surface area contributed by atoms with Gasteiger partial charge in [0.05, 0.1) is 19.1 Å².